The molecule has 1 amide bonds. The smallest absolute Gasteiger partial charge is 0.251 e. The number of carbonyl (C=O) groups excluding carboxylic acids is 1. The first-order valence-corrected chi connectivity index (χ1v) is 9.54. The third kappa shape index (κ3) is 5.96. The summed E-state index contributed by atoms with van der Waals surface area (Å²) in [7, 11) is 1.59. The van der Waals surface area contributed by atoms with Crippen molar-refractivity contribution in [2.75, 3.05) is 33.4 Å². The SMILES string of the molecule is CCN(CC)CCOc1ccc(CNC(=O)c2cc(F)ccc2C)cc1OC. The van der Waals surface area contributed by atoms with E-state index in [9.17, 15) is 9.18 Å². The van der Waals surface area contributed by atoms with Crippen molar-refractivity contribution >= 4 is 5.91 Å². The van der Waals surface area contributed by atoms with Gasteiger partial charge in [0.15, 0.2) is 11.5 Å². The Morgan fingerprint density at radius 1 is 1.11 bits per heavy atom. The molecular weight excluding hydrogens is 359 g/mol. The molecule has 0 saturated carbocycles. The number of nitrogens with one attached hydrogen (secondary N) is 1. The maximum absolute atomic E-state index is 13.4. The highest BCUT2D eigenvalue weighted by molar-refractivity contribution is 5.95. The molecule has 1 N–H and O–H groups in total. The molecule has 5 nitrogen and oxygen atoms in total. The lowest BCUT2D eigenvalue weighted by Crippen LogP contribution is -2.28. The zero-order valence-corrected chi connectivity index (χ0v) is 17.0. The minimum Gasteiger partial charge on any atom is -0.493 e. The lowest BCUT2D eigenvalue weighted by atomic mass is 10.1. The number of hydrogen-bond acceptors (Lipinski definition) is 4. The highest BCUT2D eigenvalue weighted by Crippen LogP contribution is 2.28. The van der Waals surface area contributed by atoms with Crippen molar-refractivity contribution in [3.8, 4) is 11.5 Å². The second-order valence-corrected chi connectivity index (χ2v) is 6.50. The van der Waals surface area contributed by atoms with Crippen LogP contribution in [0.3, 0.4) is 0 Å². The Hall–Kier alpha value is -2.60. The van der Waals surface area contributed by atoms with E-state index in [0.717, 1.165) is 30.8 Å². The Morgan fingerprint density at radius 3 is 2.54 bits per heavy atom. The molecule has 0 bridgehead atoms. The Kier molecular flexibility index (Phi) is 8.26. The summed E-state index contributed by atoms with van der Waals surface area (Å²) >= 11 is 0. The number of nitrogens with zero attached hydrogens (tertiary/aromatic N) is 1. The molecule has 0 aliphatic rings. The molecule has 2 rings (SSSR count). The van der Waals surface area contributed by atoms with E-state index >= 15 is 0 Å². The monoisotopic (exact) mass is 388 g/mol. The van der Waals surface area contributed by atoms with E-state index < -0.39 is 5.82 Å². The van der Waals surface area contributed by atoms with Crippen molar-refractivity contribution in [2.24, 2.45) is 0 Å². The van der Waals surface area contributed by atoms with Gasteiger partial charge in [-0.2, -0.15) is 0 Å². The predicted octanol–water partition coefficient (Wildman–Crippen LogP) is 3.79. The molecule has 0 heterocycles. The quantitative estimate of drug-likeness (QED) is 0.673. The van der Waals surface area contributed by atoms with Crippen LogP contribution in [0.2, 0.25) is 0 Å². The molecule has 28 heavy (non-hydrogen) atoms. The number of methoxy groups -OCH3 is 1. The molecule has 0 aromatic heterocycles. The van der Waals surface area contributed by atoms with E-state index in [2.05, 4.69) is 24.1 Å². The van der Waals surface area contributed by atoms with Gasteiger partial charge in [0.1, 0.15) is 12.4 Å². The van der Waals surface area contributed by atoms with Gasteiger partial charge in [-0.1, -0.05) is 26.0 Å². The van der Waals surface area contributed by atoms with Crippen LogP contribution < -0.4 is 14.8 Å². The fourth-order valence-electron chi connectivity index (χ4n) is 2.88. The third-order valence-corrected chi connectivity index (χ3v) is 4.68. The van der Waals surface area contributed by atoms with Crippen molar-refractivity contribution in [2.45, 2.75) is 27.3 Å². The average molecular weight is 388 g/mol. The minimum atomic E-state index is -0.427. The van der Waals surface area contributed by atoms with Crippen LogP contribution >= 0.6 is 0 Å². The van der Waals surface area contributed by atoms with Gasteiger partial charge < -0.3 is 19.7 Å². The lowest BCUT2D eigenvalue weighted by Gasteiger charge is -2.19. The Morgan fingerprint density at radius 2 is 1.86 bits per heavy atom. The van der Waals surface area contributed by atoms with Crippen molar-refractivity contribution in [1.29, 1.82) is 0 Å². The topological polar surface area (TPSA) is 50.8 Å². The summed E-state index contributed by atoms with van der Waals surface area (Å²) in [6.07, 6.45) is 0. The molecule has 0 aliphatic heterocycles. The maximum atomic E-state index is 13.4. The number of aryl methyl sites for hydroxylation is 1. The summed E-state index contributed by atoms with van der Waals surface area (Å²) in [5.41, 5.74) is 1.94. The summed E-state index contributed by atoms with van der Waals surface area (Å²) < 4.78 is 24.7. The fourth-order valence-corrected chi connectivity index (χ4v) is 2.88. The molecule has 0 saturated heterocycles. The number of halogens is 1. The number of benzene rings is 2. The summed E-state index contributed by atoms with van der Waals surface area (Å²) in [5, 5.41) is 2.82. The van der Waals surface area contributed by atoms with E-state index in [1.165, 1.54) is 12.1 Å². The van der Waals surface area contributed by atoms with Gasteiger partial charge in [-0.3, -0.25) is 4.79 Å². The number of hydrogen-bond donors (Lipinski definition) is 1. The number of ether oxygens (including phenoxy) is 2. The van der Waals surface area contributed by atoms with Crippen LogP contribution in [0.15, 0.2) is 36.4 Å². The molecular formula is C22H29FN2O3. The summed E-state index contributed by atoms with van der Waals surface area (Å²) in [4.78, 5) is 14.6. The number of amides is 1. The molecule has 0 atom stereocenters. The van der Waals surface area contributed by atoms with Gasteiger partial charge in [0.25, 0.3) is 5.91 Å². The van der Waals surface area contributed by atoms with Gasteiger partial charge in [-0.25, -0.2) is 4.39 Å². The van der Waals surface area contributed by atoms with Crippen molar-refractivity contribution in [3.05, 3.63) is 58.9 Å². The molecule has 0 spiro atoms. The first kappa shape index (κ1) is 21.7. The van der Waals surface area contributed by atoms with E-state index in [1.54, 1.807) is 20.1 Å². The fraction of sp³-hybridized carbons (Fsp3) is 0.409. The molecule has 152 valence electrons. The predicted molar refractivity (Wildman–Crippen MR) is 109 cm³/mol. The van der Waals surface area contributed by atoms with Gasteiger partial charge in [-0.15, -0.1) is 0 Å². The first-order chi connectivity index (χ1) is 13.5. The van der Waals surface area contributed by atoms with Crippen LogP contribution in [0.25, 0.3) is 0 Å². The maximum Gasteiger partial charge on any atom is 0.251 e. The van der Waals surface area contributed by atoms with Gasteiger partial charge in [0.05, 0.1) is 7.11 Å². The van der Waals surface area contributed by atoms with E-state index in [0.29, 0.717) is 30.2 Å². The second kappa shape index (κ2) is 10.7. The molecule has 2 aromatic rings. The molecule has 0 unspecified atom stereocenters. The van der Waals surface area contributed by atoms with E-state index in [4.69, 9.17) is 9.47 Å². The number of likely N-dealkylation sites (N-methyl/N-ethyl adjacent to an activating group) is 1. The third-order valence-electron chi connectivity index (χ3n) is 4.68. The van der Waals surface area contributed by atoms with E-state index in [-0.39, 0.29) is 5.91 Å². The van der Waals surface area contributed by atoms with Crippen LogP contribution in [0, 0.1) is 12.7 Å². The molecule has 0 radical (unpaired) electrons. The molecule has 2 aromatic carbocycles. The van der Waals surface area contributed by atoms with Crippen molar-refractivity contribution in [1.82, 2.24) is 10.2 Å². The Labute approximate surface area is 166 Å². The van der Waals surface area contributed by atoms with Gasteiger partial charge >= 0.3 is 0 Å². The summed E-state index contributed by atoms with van der Waals surface area (Å²) in [5.74, 6) is 0.554. The highest BCUT2D eigenvalue weighted by atomic mass is 19.1. The van der Waals surface area contributed by atoms with Crippen molar-refractivity contribution < 1.29 is 18.7 Å². The number of rotatable bonds is 10. The van der Waals surface area contributed by atoms with Gasteiger partial charge in [-0.05, 0) is 55.4 Å². The van der Waals surface area contributed by atoms with E-state index in [1.807, 2.05) is 18.2 Å². The Balaban J connectivity index is 1.97. The molecule has 0 aliphatic carbocycles. The van der Waals surface area contributed by atoms with Crippen LogP contribution in [-0.4, -0.2) is 44.2 Å². The largest absolute Gasteiger partial charge is 0.493 e. The minimum absolute atomic E-state index is 0.310. The zero-order chi connectivity index (χ0) is 20.5. The van der Waals surface area contributed by atoms with Crippen LogP contribution in [0.5, 0.6) is 11.5 Å². The molecule has 0 fully saturated rings. The lowest BCUT2D eigenvalue weighted by molar-refractivity contribution is 0.0950. The normalized spacial score (nSPS) is 10.8. The summed E-state index contributed by atoms with van der Waals surface area (Å²) in [6, 6.07) is 9.75. The zero-order valence-electron chi connectivity index (χ0n) is 17.0. The van der Waals surface area contributed by atoms with Crippen molar-refractivity contribution in [3.63, 3.8) is 0 Å². The average Bonchev–Trinajstić information content (AvgIpc) is 2.71. The number of carbonyl (C=O) groups is 1. The highest BCUT2D eigenvalue weighted by Gasteiger charge is 2.11. The van der Waals surface area contributed by atoms with Crippen LogP contribution in [0.1, 0.15) is 35.3 Å². The molecule has 6 heteroatoms. The standard InChI is InChI=1S/C22H29FN2O3/c1-5-25(6-2)11-12-28-20-10-8-17(13-21(20)27-4)15-24-22(26)19-14-18(23)9-7-16(19)3/h7-10,13-14H,5-6,11-12,15H2,1-4H3,(H,24,26). The van der Waals surface area contributed by atoms with Gasteiger partial charge in [0, 0.05) is 18.7 Å². The van der Waals surface area contributed by atoms with Crippen LogP contribution in [0.4, 0.5) is 4.39 Å². The van der Waals surface area contributed by atoms with Crippen LogP contribution in [-0.2, 0) is 6.54 Å². The summed E-state index contributed by atoms with van der Waals surface area (Å²) in [6.45, 7) is 9.73. The van der Waals surface area contributed by atoms with Gasteiger partial charge in [0.2, 0.25) is 0 Å². The Bertz CT molecular complexity index is 791. The first-order valence-electron chi connectivity index (χ1n) is 9.54. The second-order valence-electron chi connectivity index (χ2n) is 6.50.